The molecule has 3 aromatic carbocycles. The van der Waals surface area contributed by atoms with Crippen molar-refractivity contribution in [2.75, 3.05) is 0 Å². The van der Waals surface area contributed by atoms with E-state index in [9.17, 15) is 22.8 Å². The zero-order chi connectivity index (χ0) is 21.6. The lowest BCUT2D eigenvalue weighted by Gasteiger charge is -2.11. The molecule has 0 bridgehead atoms. The molecule has 1 N–H and O–H groups in total. The average Bonchev–Trinajstić information content (AvgIpc) is 2.77. The van der Waals surface area contributed by atoms with Crippen LogP contribution in [0.4, 0.5) is 13.2 Å². The van der Waals surface area contributed by atoms with Gasteiger partial charge in [-0.3, -0.25) is 4.79 Å². The average molecular weight is 412 g/mol. The first-order valence-electron chi connectivity index (χ1n) is 8.73. The van der Waals surface area contributed by atoms with Gasteiger partial charge in [0.05, 0.1) is 11.1 Å². The number of nitrogens with zero attached hydrogens (tertiary/aromatic N) is 1. The Bertz CT molecular complexity index is 1070. The topological polar surface area (TPSA) is 67.8 Å². The Labute approximate surface area is 169 Å². The molecule has 8 heteroatoms. The van der Waals surface area contributed by atoms with E-state index in [1.165, 1.54) is 36.4 Å². The molecular weight excluding hydrogens is 397 g/mol. The summed E-state index contributed by atoms with van der Waals surface area (Å²) >= 11 is 0. The quantitative estimate of drug-likeness (QED) is 0.294. The third-order valence-corrected chi connectivity index (χ3v) is 3.96. The minimum Gasteiger partial charge on any atom is -0.311 e. The molecule has 0 saturated carbocycles. The number of carbonyl (C=O) groups excluding carboxylic acids is 2. The summed E-state index contributed by atoms with van der Waals surface area (Å²) in [6.45, 7) is 0. The first kappa shape index (κ1) is 20.8. The van der Waals surface area contributed by atoms with Crippen LogP contribution < -0.4 is 5.32 Å². The monoisotopic (exact) mass is 412 g/mol. The Balaban J connectivity index is 1.92. The van der Waals surface area contributed by atoms with Gasteiger partial charge in [0.1, 0.15) is 0 Å². The fourth-order valence-electron chi connectivity index (χ4n) is 2.47. The van der Waals surface area contributed by atoms with Crippen molar-refractivity contribution in [1.29, 1.82) is 0 Å². The highest BCUT2D eigenvalue weighted by Crippen LogP contribution is 2.29. The SMILES string of the molecule is O=C(N/C(=N\OC(=O)c1ccccc1)c1cccc(C(F)(F)F)c1)c1ccccc1. The van der Waals surface area contributed by atoms with Crippen molar-refractivity contribution in [2.24, 2.45) is 5.16 Å². The predicted octanol–water partition coefficient (Wildman–Crippen LogP) is 4.65. The summed E-state index contributed by atoms with van der Waals surface area (Å²) in [5, 5.41) is 6.03. The number of rotatable bonds is 4. The minimum atomic E-state index is -4.59. The summed E-state index contributed by atoms with van der Waals surface area (Å²) in [4.78, 5) is 29.5. The molecule has 1 amide bonds. The molecule has 0 atom stereocenters. The van der Waals surface area contributed by atoms with Crippen molar-refractivity contribution in [3.05, 3.63) is 107 Å². The van der Waals surface area contributed by atoms with Gasteiger partial charge in [-0.15, -0.1) is 0 Å². The normalized spacial score (nSPS) is 11.6. The van der Waals surface area contributed by atoms with Crippen LogP contribution in [0.1, 0.15) is 31.8 Å². The number of oxime groups is 1. The van der Waals surface area contributed by atoms with Crippen LogP contribution in [0.25, 0.3) is 0 Å². The summed E-state index contributed by atoms with van der Waals surface area (Å²) in [5.41, 5.74) is -0.559. The molecule has 0 saturated heterocycles. The Kier molecular flexibility index (Phi) is 6.26. The second-order valence-corrected chi connectivity index (χ2v) is 6.08. The van der Waals surface area contributed by atoms with E-state index in [2.05, 4.69) is 10.5 Å². The summed E-state index contributed by atoms with van der Waals surface area (Å²) in [6, 6.07) is 20.1. The lowest BCUT2D eigenvalue weighted by Crippen LogP contribution is -2.32. The highest BCUT2D eigenvalue weighted by Gasteiger charge is 2.31. The van der Waals surface area contributed by atoms with Crippen LogP contribution in [0.3, 0.4) is 0 Å². The van der Waals surface area contributed by atoms with Gasteiger partial charge in [-0.25, -0.2) is 4.79 Å². The Morgan fingerprint density at radius 3 is 1.93 bits per heavy atom. The van der Waals surface area contributed by atoms with Crippen LogP contribution >= 0.6 is 0 Å². The third-order valence-electron chi connectivity index (χ3n) is 3.96. The molecule has 0 fully saturated rings. The lowest BCUT2D eigenvalue weighted by molar-refractivity contribution is -0.137. The number of hydrogen-bond acceptors (Lipinski definition) is 4. The molecule has 152 valence electrons. The number of carbonyl (C=O) groups is 2. The number of halogens is 3. The lowest BCUT2D eigenvalue weighted by atomic mass is 10.1. The fourth-order valence-corrected chi connectivity index (χ4v) is 2.47. The number of benzene rings is 3. The van der Waals surface area contributed by atoms with Crippen LogP contribution in [0.5, 0.6) is 0 Å². The summed E-state index contributed by atoms with van der Waals surface area (Å²) < 4.78 is 39.2. The fraction of sp³-hybridized carbons (Fsp3) is 0.0455. The molecule has 5 nitrogen and oxygen atoms in total. The smallest absolute Gasteiger partial charge is 0.311 e. The van der Waals surface area contributed by atoms with E-state index >= 15 is 0 Å². The molecule has 0 aliphatic heterocycles. The van der Waals surface area contributed by atoms with Crippen molar-refractivity contribution < 1.29 is 27.6 Å². The summed E-state index contributed by atoms with van der Waals surface area (Å²) in [6.07, 6.45) is -4.59. The van der Waals surface area contributed by atoms with E-state index in [1.807, 2.05) is 0 Å². The van der Waals surface area contributed by atoms with Crippen LogP contribution in [0.2, 0.25) is 0 Å². The van der Waals surface area contributed by atoms with Gasteiger partial charge < -0.3 is 10.2 Å². The van der Waals surface area contributed by atoms with Crippen molar-refractivity contribution >= 4 is 17.7 Å². The highest BCUT2D eigenvalue weighted by molar-refractivity contribution is 6.12. The molecule has 0 unspecified atom stereocenters. The molecular formula is C22H15F3N2O3. The molecule has 0 heterocycles. The van der Waals surface area contributed by atoms with E-state index in [-0.39, 0.29) is 22.5 Å². The van der Waals surface area contributed by atoms with Gasteiger partial charge in [0.25, 0.3) is 5.91 Å². The van der Waals surface area contributed by atoms with Gasteiger partial charge >= 0.3 is 12.1 Å². The molecule has 3 rings (SSSR count). The van der Waals surface area contributed by atoms with Crippen molar-refractivity contribution in [1.82, 2.24) is 5.32 Å². The molecule has 0 aliphatic rings. The van der Waals surface area contributed by atoms with Crippen LogP contribution in [-0.2, 0) is 11.0 Å². The molecule has 0 aromatic heterocycles. The Morgan fingerprint density at radius 1 is 0.767 bits per heavy atom. The van der Waals surface area contributed by atoms with Gasteiger partial charge in [-0.1, -0.05) is 53.7 Å². The number of nitrogens with one attached hydrogen (secondary N) is 1. The maximum atomic E-state index is 13.1. The maximum absolute atomic E-state index is 13.1. The standard InChI is InChI=1S/C22H15F3N2O3/c23-22(24,25)18-13-7-12-17(14-18)19(26-20(28)15-8-3-1-4-9-15)27-30-21(29)16-10-5-2-6-11-16/h1-14H,(H,26,27,28). The van der Waals surface area contributed by atoms with Gasteiger partial charge in [-0.05, 0) is 36.4 Å². The zero-order valence-corrected chi connectivity index (χ0v) is 15.4. The van der Waals surface area contributed by atoms with E-state index in [4.69, 9.17) is 4.84 Å². The summed E-state index contributed by atoms with van der Waals surface area (Å²) in [7, 11) is 0. The molecule has 0 radical (unpaired) electrons. The van der Waals surface area contributed by atoms with Crippen LogP contribution in [-0.4, -0.2) is 17.7 Å². The first-order chi connectivity index (χ1) is 14.3. The Morgan fingerprint density at radius 2 is 1.33 bits per heavy atom. The molecule has 30 heavy (non-hydrogen) atoms. The number of alkyl halides is 3. The van der Waals surface area contributed by atoms with E-state index < -0.39 is 23.6 Å². The second kappa shape index (κ2) is 9.04. The first-order valence-corrected chi connectivity index (χ1v) is 8.73. The van der Waals surface area contributed by atoms with Crippen molar-refractivity contribution in [3.8, 4) is 0 Å². The second-order valence-electron chi connectivity index (χ2n) is 6.08. The van der Waals surface area contributed by atoms with Crippen LogP contribution in [0.15, 0.2) is 90.1 Å². The summed E-state index contributed by atoms with van der Waals surface area (Å²) in [5.74, 6) is -1.78. The number of amides is 1. The van der Waals surface area contributed by atoms with Crippen molar-refractivity contribution in [3.63, 3.8) is 0 Å². The van der Waals surface area contributed by atoms with Gasteiger partial charge in [0, 0.05) is 11.1 Å². The largest absolute Gasteiger partial charge is 0.416 e. The molecule has 0 aliphatic carbocycles. The maximum Gasteiger partial charge on any atom is 0.416 e. The number of amidine groups is 1. The van der Waals surface area contributed by atoms with Crippen LogP contribution in [0, 0.1) is 0 Å². The van der Waals surface area contributed by atoms with Gasteiger partial charge in [0.2, 0.25) is 0 Å². The van der Waals surface area contributed by atoms with Gasteiger partial charge in [-0.2, -0.15) is 13.2 Å². The zero-order valence-electron chi connectivity index (χ0n) is 15.4. The molecule has 0 spiro atoms. The molecule has 3 aromatic rings. The van der Waals surface area contributed by atoms with Gasteiger partial charge in [0.15, 0.2) is 5.84 Å². The van der Waals surface area contributed by atoms with E-state index in [0.29, 0.717) is 0 Å². The van der Waals surface area contributed by atoms with E-state index in [1.54, 1.807) is 36.4 Å². The van der Waals surface area contributed by atoms with E-state index in [0.717, 1.165) is 12.1 Å². The third kappa shape index (κ3) is 5.32. The predicted molar refractivity (Wildman–Crippen MR) is 104 cm³/mol. The minimum absolute atomic E-state index is 0.0741. The van der Waals surface area contributed by atoms with Crippen molar-refractivity contribution in [2.45, 2.75) is 6.18 Å². The highest BCUT2D eigenvalue weighted by atomic mass is 19.4. The number of hydrogen-bond donors (Lipinski definition) is 1. The Hall–Kier alpha value is -3.94.